The second-order valence-corrected chi connectivity index (χ2v) is 5.67. The Hall–Kier alpha value is -0.0400. The summed E-state index contributed by atoms with van der Waals surface area (Å²) in [6, 6.07) is 0. The van der Waals surface area contributed by atoms with Crippen molar-refractivity contribution in [2.45, 2.75) is 65.7 Å². The summed E-state index contributed by atoms with van der Waals surface area (Å²) in [5, 5.41) is 0. The van der Waals surface area contributed by atoms with E-state index in [1.165, 1.54) is 44.9 Å². The van der Waals surface area contributed by atoms with Crippen LogP contribution in [-0.2, 0) is 0 Å². The third kappa shape index (κ3) is 2.96. The highest BCUT2D eigenvalue weighted by Gasteiger charge is 2.39. The van der Waals surface area contributed by atoms with Gasteiger partial charge < -0.3 is 5.73 Å². The van der Waals surface area contributed by atoms with Crippen LogP contribution in [-0.4, -0.2) is 6.54 Å². The minimum Gasteiger partial charge on any atom is -0.330 e. The zero-order valence-electron chi connectivity index (χ0n) is 10.9. The second kappa shape index (κ2) is 5.89. The van der Waals surface area contributed by atoms with Crippen LogP contribution in [0.2, 0.25) is 0 Å². The number of rotatable bonds is 5. The maximum atomic E-state index is 5.99. The van der Waals surface area contributed by atoms with Crippen LogP contribution in [0.1, 0.15) is 65.7 Å². The van der Waals surface area contributed by atoms with E-state index in [0.717, 1.165) is 18.4 Å². The van der Waals surface area contributed by atoms with E-state index >= 15 is 0 Å². The van der Waals surface area contributed by atoms with Crippen LogP contribution in [0.3, 0.4) is 0 Å². The average molecular weight is 211 g/mol. The number of unbranched alkanes of at least 4 members (excludes halogenated alkanes) is 1. The highest BCUT2D eigenvalue weighted by Crippen LogP contribution is 2.46. The van der Waals surface area contributed by atoms with Crippen LogP contribution in [0.25, 0.3) is 0 Å². The van der Waals surface area contributed by atoms with E-state index in [9.17, 15) is 0 Å². The molecule has 1 aliphatic rings. The number of hydrogen-bond donors (Lipinski definition) is 1. The largest absolute Gasteiger partial charge is 0.330 e. The maximum absolute atomic E-state index is 5.99. The Bertz CT molecular complexity index is 178. The Morgan fingerprint density at radius 3 is 2.60 bits per heavy atom. The van der Waals surface area contributed by atoms with Crippen LogP contribution in [0, 0.1) is 17.3 Å². The van der Waals surface area contributed by atoms with Crippen molar-refractivity contribution < 1.29 is 0 Å². The molecule has 1 unspecified atom stereocenters. The first kappa shape index (κ1) is 13.0. The van der Waals surface area contributed by atoms with Gasteiger partial charge in [0.1, 0.15) is 0 Å². The fourth-order valence-corrected chi connectivity index (χ4v) is 3.62. The Labute approximate surface area is 95.8 Å². The minimum atomic E-state index is 0.436. The van der Waals surface area contributed by atoms with Crippen LogP contribution in [0.5, 0.6) is 0 Å². The zero-order valence-corrected chi connectivity index (χ0v) is 10.9. The fourth-order valence-electron chi connectivity index (χ4n) is 3.62. The van der Waals surface area contributed by atoms with Crippen LogP contribution in [0.4, 0.5) is 0 Å². The van der Waals surface area contributed by atoms with E-state index in [1.807, 2.05) is 0 Å². The summed E-state index contributed by atoms with van der Waals surface area (Å²) in [4.78, 5) is 0. The van der Waals surface area contributed by atoms with Gasteiger partial charge in [-0.15, -0.1) is 0 Å². The number of nitrogens with two attached hydrogens (primary N) is 1. The first-order valence-electron chi connectivity index (χ1n) is 6.88. The molecule has 15 heavy (non-hydrogen) atoms. The Kier molecular flexibility index (Phi) is 5.11. The Morgan fingerprint density at radius 2 is 2.07 bits per heavy atom. The standard InChI is InChI=1S/C14H29N/c1-4-6-8-12-9-7-10-14(3,11-15)13(12)5-2/h12-13H,4-11,15H2,1-3H3/t12-,13?,14+/m0/s1. The third-order valence-corrected chi connectivity index (χ3v) is 4.62. The molecule has 1 saturated carbocycles. The van der Waals surface area contributed by atoms with E-state index < -0.39 is 0 Å². The van der Waals surface area contributed by atoms with Gasteiger partial charge in [0.2, 0.25) is 0 Å². The zero-order chi connectivity index (χ0) is 11.3. The molecule has 0 bridgehead atoms. The molecule has 90 valence electrons. The lowest BCUT2D eigenvalue weighted by Crippen LogP contribution is -2.42. The summed E-state index contributed by atoms with van der Waals surface area (Å²) in [7, 11) is 0. The summed E-state index contributed by atoms with van der Waals surface area (Å²) >= 11 is 0. The van der Waals surface area contributed by atoms with E-state index in [4.69, 9.17) is 5.73 Å². The van der Waals surface area contributed by atoms with Crippen molar-refractivity contribution in [1.82, 2.24) is 0 Å². The molecule has 1 nitrogen and oxygen atoms in total. The van der Waals surface area contributed by atoms with Gasteiger partial charge in [-0.05, 0) is 30.2 Å². The number of hydrogen-bond acceptors (Lipinski definition) is 1. The fraction of sp³-hybridized carbons (Fsp3) is 1.00. The van der Waals surface area contributed by atoms with Crippen molar-refractivity contribution in [2.24, 2.45) is 23.0 Å². The lowest BCUT2D eigenvalue weighted by Gasteiger charge is -2.45. The molecule has 0 aromatic carbocycles. The molecule has 0 spiro atoms. The van der Waals surface area contributed by atoms with Crippen molar-refractivity contribution in [3.05, 3.63) is 0 Å². The van der Waals surface area contributed by atoms with E-state index in [0.29, 0.717) is 5.41 Å². The molecule has 3 atom stereocenters. The average Bonchev–Trinajstić information content (AvgIpc) is 2.26. The van der Waals surface area contributed by atoms with Crippen molar-refractivity contribution in [3.8, 4) is 0 Å². The van der Waals surface area contributed by atoms with Gasteiger partial charge in [0.05, 0.1) is 0 Å². The van der Waals surface area contributed by atoms with Crippen LogP contribution in [0.15, 0.2) is 0 Å². The molecule has 1 aliphatic carbocycles. The molecule has 0 aliphatic heterocycles. The lowest BCUT2D eigenvalue weighted by atomic mass is 9.60. The molecule has 1 rings (SSSR count). The molecule has 0 heterocycles. The Balaban J connectivity index is 2.62. The maximum Gasteiger partial charge on any atom is -0.00204 e. The van der Waals surface area contributed by atoms with Crippen LogP contribution >= 0.6 is 0 Å². The monoisotopic (exact) mass is 211 g/mol. The van der Waals surface area contributed by atoms with Gasteiger partial charge in [0.25, 0.3) is 0 Å². The summed E-state index contributed by atoms with van der Waals surface area (Å²) in [5.41, 5.74) is 6.43. The molecular formula is C14H29N. The van der Waals surface area contributed by atoms with Gasteiger partial charge in [-0.3, -0.25) is 0 Å². The van der Waals surface area contributed by atoms with E-state index in [1.54, 1.807) is 0 Å². The van der Waals surface area contributed by atoms with Crippen molar-refractivity contribution in [2.75, 3.05) is 6.54 Å². The second-order valence-electron chi connectivity index (χ2n) is 5.67. The Morgan fingerprint density at radius 1 is 1.33 bits per heavy atom. The molecular weight excluding hydrogens is 182 g/mol. The van der Waals surface area contributed by atoms with Gasteiger partial charge >= 0.3 is 0 Å². The summed E-state index contributed by atoms with van der Waals surface area (Å²) in [5.74, 6) is 1.83. The first-order chi connectivity index (χ1) is 7.18. The molecule has 1 heteroatoms. The van der Waals surface area contributed by atoms with Gasteiger partial charge in [-0.1, -0.05) is 59.3 Å². The van der Waals surface area contributed by atoms with Crippen molar-refractivity contribution in [3.63, 3.8) is 0 Å². The highest BCUT2D eigenvalue weighted by molar-refractivity contribution is 4.90. The molecule has 0 saturated heterocycles. The molecule has 0 radical (unpaired) electrons. The quantitative estimate of drug-likeness (QED) is 0.731. The SMILES string of the molecule is CCCC[C@H]1CCC[C@](C)(CN)C1CC. The van der Waals surface area contributed by atoms with Gasteiger partial charge in [-0.2, -0.15) is 0 Å². The van der Waals surface area contributed by atoms with Gasteiger partial charge in [0, 0.05) is 0 Å². The molecule has 0 aromatic heterocycles. The van der Waals surface area contributed by atoms with Gasteiger partial charge in [-0.25, -0.2) is 0 Å². The predicted octanol–water partition coefficient (Wildman–Crippen LogP) is 3.97. The topological polar surface area (TPSA) is 26.0 Å². The summed E-state index contributed by atoms with van der Waals surface area (Å²) in [6.07, 6.45) is 9.71. The van der Waals surface area contributed by atoms with E-state index in [-0.39, 0.29) is 0 Å². The van der Waals surface area contributed by atoms with Crippen molar-refractivity contribution >= 4 is 0 Å². The normalized spacial score (nSPS) is 36.8. The molecule has 0 amide bonds. The lowest BCUT2D eigenvalue weighted by molar-refractivity contribution is 0.0557. The predicted molar refractivity (Wildman–Crippen MR) is 67.8 cm³/mol. The first-order valence-corrected chi connectivity index (χ1v) is 6.88. The highest BCUT2D eigenvalue weighted by atomic mass is 14.6. The van der Waals surface area contributed by atoms with Gasteiger partial charge in [0.15, 0.2) is 0 Å². The summed E-state index contributed by atoms with van der Waals surface area (Å²) < 4.78 is 0. The molecule has 0 aromatic rings. The van der Waals surface area contributed by atoms with Crippen LogP contribution < -0.4 is 5.73 Å². The summed E-state index contributed by atoms with van der Waals surface area (Å²) in [6.45, 7) is 7.95. The smallest absolute Gasteiger partial charge is 0.00204 e. The molecule has 2 N–H and O–H groups in total. The molecule has 1 fully saturated rings. The van der Waals surface area contributed by atoms with Crippen molar-refractivity contribution in [1.29, 1.82) is 0 Å². The third-order valence-electron chi connectivity index (χ3n) is 4.62. The van der Waals surface area contributed by atoms with E-state index in [2.05, 4.69) is 20.8 Å². The minimum absolute atomic E-state index is 0.436.